The van der Waals surface area contributed by atoms with Gasteiger partial charge in [0, 0.05) is 22.2 Å². The lowest BCUT2D eigenvalue weighted by atomic mass is 10.0. The monoisotopic (exact) mass is 289 g/mol. The molecule has 1 heterocycles. The SMILES string of the molecule is Cc1csc(CNC(=O)c2cccc(C(N)=O)c2C)n1. The molecule has 0 fully saturated rings. The van der Waals surface area contributed by atoms with Crippen LogP contribution in [0.2, 0.25) is 0 Å². The number of thiazole rings is 1. The lowest BCUT2D eigenvalue weighted by Crippen LogP contribution is -2.25. The van der Waals surface area contributed by atoms with Crippen LogP contribution in [-0.4, -0.2) is 16.8 Å². The Kier molecular flexibility index (Phi) is 4.14. The van der Waals surface area contributed by atoms with Gasteiger partial charge in [-0.1, -0.05) is 6.07 Å². The number of aryl methyl sites for hydroxylation is 1. The smallest absolute Gasteiger partial charge is 0.251 e. The van der Waals surface area contributed by atoms with E-state index in [4.69, 9.17) is 5.73 Å². The van der Waals surface area contributed by atoms with Gasteiger partial charge in [-0.3, -0.25) is 9.59 Å². The second kappa shape index (κ2) is 5.83. The van der Waals surface area contributed by atoms with Crippen LogP contribution in [0.25, 0.3) is 0 Å². The number of benzene rings is 1. The predicted molar refractivity (Wildman–Crippen MR) is 77.7 cm³/mol. The van der Waals surface area contributed by atoms with Crippen molar-refractivity contribution in [3.8, 4) is 0 Å². The molecular formula is C14H15N3O2S. The number of primary amides is 1. The largest absolute Gasteiger partial charge is 0.366 e. The zero-order chi connectivity index (χ0) is 14.7. The topological polar surface area (TPSA) is 85.1 Å². The van der Waals surface area contributed by atoms with Crippen molar-refractivity contribution in [3.63, 3.8) is 0 Å². The Labute approximate surface area is 120 Å². The van der Waals surface area contributed by atoms with E-state index in [1.165, 1.54) is 11.3 Å². The average Bonchev–Trinajstić information content (AvgIpc) is 2.81. The molecule has 2 amide bonds. The first kappa shape index (κ1) is 14.2. The summed E-state index contributed by atoms with van der Waals surface area (Å²) in [7, 11) is 0. The normalized spacial score (nSPS) is 10.3. The molecule has 5 nitrogen and oxygen atoms in total. The number of nitrogens with two attached hydrogens (primary N) is 1. The number of nitrogens with zero attached hydrogens (tertiary/aromatic N) is 1. The van der Waals surface area contributed by atoms with Gasteiger partial charge in [0.15, 0.2) is 0 Å². The molecule has 0 unspecified atom stereocenters. The van der Waals surface area contributed by atoms with Crippen LogP contribution in [0, 0.1) is 13.8 Å². The Balaban J connectivity index is 2.13. The van der Waals surface area contributed by atoms with Crippen molar-refractivity contribution in [1.82, 2.24) is 10.3 Å². The maximum absolute atomic E-state index is 12.1. The van der Waals surface area contributed by atoms with Crippen molar-refractivity contribution in [2.45, 2.75) is 20.4 Å². The molecule has 20 heavy (non-hydrogen) atoms. The third-order valence-corrected chi connectivity index (χ3v) is 3.88. The van der Waals surface area contributed by atoms with Crippen LogP contribution in [-0.2, 0) is 6.54 Å². The minimum Gasteiger partial charge on any atom is -0.366 e. The predicted octanol–water partition coefficient (Wildman–Crippen LogP) is 1.79. The molecule has 3 N–H and O–H groups in total. The molecule has 0 saturated carbocycles. The minimum absolute atomic E-state index is 0.238. The molecule has 2 rings (SSSR count). The van der Waals surface area contributed by atoms with E-state index in [0.717, 1.165) is 10.7 Å². The zero-order valence-electron chi connectivity index (χ0n) is 11.3. The Morgan fingerprint density at radius 2 is 2.00 bits per heavy atom. The molecular weight excluding hydrogens is 274 g/mol. The maximum Gasteiger partial charge on any atom is 0.251 e. The molecule has 0 spiro atoms. The number of carbonyl (C=O) groups is 2. The molecule has 0 aliphatic rings. The number of hydrogen-bond donors (Lipinski definition) is 2. The quantitative estimate of drug-likeness (QED) is 0.899. The Bertz CT molecular complexity index is 664. The van der Waals surface area contributed by atoms with Crippen LogP contribution in [0.1, 0.15) is 37.0 Å². The van der Waals surface area contributed by atoms with Crippen molar-refractivity contribution >= 4 is 23.2 Å². The zero-order valence-corrected chi connectivity index (χ0v) is 12.1. The molecule has 0 aliphatic heterocycles. The number of rotatable bonds is 4. The van der Waals surface area contributed by atoms with E-state index in [1.54, 1.807) is 25.1 Å². The Morgan fingerprint density at radius 1 is 1.30 bits per heavy atom. The lowest BCUT2D eigenvalue weighted by molar-refractivity contribution is 0.0950. The third-order valence-electron chi connectivity index (χ3n) is 2.91. The lowest BCUT2D eigenvalue weighted by Gasteiger charge is -2.09. The summed E-state index contributed by atoms with van der Waals surface area (Å²) in [5.41, 5.74) is 7.62. The van der Waals surface area contributed by atoms with Gasteiger partial charge in [-0.25, -0.2) is 4.98 Å². The van der Waals surface area contributed by atoms with Gasteiger partial charge in [0.05, 0.1) is 6.54 Å². The molecule has 0 aliphatic carbocycles. The first-order valence-electron chi connectivity index (χ1n) is 6.07. The van der Waals surface area contributed by atoms with E-state index in [-0.39, 0.29) is 5.91 Å². The number of amides is 2. The van der Waals surface area contributed by atoms with Crippen LogP contribution >= 0.6 is 11.3 Å². The standard InChI is InChI=1S/C14H15N3O2S/c1-8-7-20-12(17-8)6-16-14(19)11-5-3-4-10(9(11)2)13(15)18/h3-5,7H,6H2,1-2H3,(H2,15,18)(H,16,19). The third kappa shape index (κ3) is 3.03. The summed E-state index contributed by atoms with van der Waals surface area (Å²) in [5.74, 6) is -0.772. The molecule has 0 radical (unpaired) electrons. The van der Waals surface area contributed by atoms with Gasteiger partial charge in [-0.2, -0.15) is 0 Å². The summed E-state index contributed by atoms with van der Waals surface area (Å²) >= 11 is 1.50. The summed E-state index contributed by atoms with van der Waals surface area (Å²) in [6.07, 6.45) is 0. The van der Waals surface area contributed by atoms with Crippen molar-refractivity contribution in [2.75, 3.05) is 0 Å². The second-order valence-electron chi connectivity index (χ2n) is 4.41. The molecule has 1 aromatic heterocycles. The summed E-state index contributed by atoms with van der Waals surface area (Å²) < 4.78 is 0. The van der Waals surface area contributed by atoms with Crippen LogP contribution in [0.3, 0.4) is 0 Å². The molecule has 0 bridgehead atoms. The van der Waals surface area contributed by atoms with E-state index in [1.807, 2.05) is 12.3 Å². The van der Waals surface area contributed by atoms with Crippen LogP contribution < -0.4 is 11.1 Å². The summed E-state index contributed by atoms with van der Waals surface area (Å²) in [5, 5.41) is 5.57. The number of carbonyl (C=O) groups excluding carboxylic acids is 2. The molecule has 0 saturated heterocycles. The van der Waals surface area contributed by atoms with Gasteiger partial charge in [-0.15, -0.1) is 11.3 Å². The van der Waals surface area contributed by atoms with Gasteiger partial charge in [0.2, 0.25) is 5.91 Å². The highest BCUT2D eigenvalue weighted by atomic mass is 32.1. The van der Waals surface area contributed by atoms with Crippen LogP contribution in [0.15, 0.2) is 23.6 Å². The minimum atomic E-state index is -0.535. The van der Waals surface area contributed by atoms with Gasteiger partial charge in [0.1, 0.15) is 5.01 Å². The van der Waals surface area contributed by atoms with E-state index < -0.39 is 5.91 Å². The number of hydrogen-bond acceptors (Lipinski definition) is 4. The van der Waals surface area contributed by atoms with Crippen LogP contribution in [0.5, 0.6) is 0 Å². The summed E-state index contributed by atoms with van der Waals surface area (Å²) in [4.78, 5) is 27.7. The fraction of sp³-hybridized carbons (Fsp3) is 0.214. The fourth-order valence-electron chi connectivity index (χ4n) is 1.88. The van der Waals surface area contributed by atoms with Crippen LogP contribution in [0.4, 0.5) is 0 Å². The molecule has 1 aromatic carbocycles. The molecule has 0 atom stereocenters. The highest BCUT2D eigenvalue weighted by Crippen LogP contribution is 2.14. The average molecular weight is 289 g/mol. The second-order valence-corrected chi connectivity index (χ2v) is 5.35. The number of nitrogens with one attached hydrogen (secondary N) is 1. The van der Waals surface area contributed by atoms with Crippen molar-refractivity contribution in [3.05, 3.63) is 51.0 Å². The van der Waals surface area contributed by atoms with Crippen molar-refractivity contribution in [1.29, 1.82) is 0 Å². The molecule has 104 valence electrons. The van der Waals surface area contributed by atoms with E-state index in [0.29, 0.717) is 23.2 Å². The van der Waals surface area contributed by atoms with Gasteiger partial charge in [0.25, 0.3) is 5.91 Å². The Morgan fingerprint density at radius 3 is 2.60 bits per heavy atom. The van der Waals surface area contributed by atoms with Gasteiger partial charge in [-0.05, 0) is 31.5 Å². The number of aromatic nitrogens is 1. The van der Waals surface area contributed by atoms with Crippen molar-refractivity contribution < 1.29 is 9.59 Å². The van der Waals surface area contributed by atoms with Gasteiger partial charge < -0.3 is 11.1 Å². The first-order valence-corrected chi connectivity index (χ1v) is 6.95. The first-order chi connectivity index (χ1) is 9.49. The highest BCUT2D eigenvalue weighted by molar-refractivity contribution is 7.09. The van der Waals surface area contributed by atoms with E-state index >= 15 is 0 Å². The highest BCUT2D eigenvalue weighted by Gasteiger charge is 2.14. The summed E-state index contributed by atoms with van der Waals surface area (Å²) in [6, 6.07) is 4.93. The molecule has 2 aromatic rings. The van der Waals surface area contributed by atoms with Gasteiger partial charge >= 0.3 is 0 Å². The molecule has 6 heteroatoms. The maximum atomic E-state index is 12.1. The van der Waals surface area contributed by atoms with E-state index in [2.05, 4.69) is 10.3 Å². The van der Waals surface area contributed by atoms with Crippen molar-refractivity contribution in [2.24, 2.45) is 5.73 Å². The fourth-order valence-corrected chi connectivity index (χ4v) is 2.60. The Hall–Kier alpha value is -2.21. The van der Waals surface area contributed by atoms with E-state index in [9.17, 15) is 9.59 Å². The summed E-state index contributed by atoms with van der Waals surface area (Å²) in [6.45, 7) is 3.99.